The molecule has 1 fully saturated rings. The van der Waals surface area contributed by atoms with Crippen molar-refractivity contribution in [3.8, 4) is 0 Å². The molecule has 3 rings (SSSR count). The van der Waals surface area contributed by atoms with Crippen LogP contribution in [0.5, 0.6) is 0 Å². The zero-order valence-corrected chi connectivity index (χ0v) is 15.1. The van der Waals surface area contributed by atoms with E-state index in [0.29, 0.717) is 17.9 Å². The van der Waals surface area contributed by atoms with Gasteiger partial charge in [0.1, 0.15) is 5.82 Å². The summed E-state index contributed by atoms with van der Waals surface area (Å²) in [6.45, 7) is 5.09. The molecule has 7 nitrogen and oxygen atoms in total. The zero-order chi connectivity index (χ0) is 17.9. The van der Waals surface area contributed by atoms with Gasteiger partial charge in [-0.15, -0.1) is 10.2 Å². The first-order valence-corrected chi connectivity index (χ1v) is 9.72. The smallest absolute Gasteiger partial charge is 0.263 e. The van der Waals surface area contributed by atoms with E-state index in [1.165, 1.54) is 0 Å². The Kier molecular flexibility index (Phi) is 5.19. The first-order valence-electron chi connectivity index (χ1n) is 8.23. The van der Waals surface area contributed by atoms with Crippen LogP contribution in [0.25, 0.3) is 0 Å². The van der Waals surface area contributed by atoms with Crippen LogP contribution in [0.2, 0.25) is 0 Å². The summed E-state index contributed by atoms with van der Waals surface area (Å²) < 4.78 is 33.1. The van der Waals surface area contributed by atoms with Crippen LogP contribution in [0.15, 0.2) is 35.2 Å². The number of nitrogens with zero attached hydrogens (tertiary/aromatic N) is 2. The minimum absolute atomic E-state index is 0.184. The van der Waals surface area contributed by atoms with Crippen LogP contribution < -0.4 is 10.0 Å². The van der Waals surface area contributed by atoms with Crippen LogP contribution in [-0.4, -0.2) is 37.9 Å². The maximum absolute atomic E-state index is 12.5. The number of rotatable bonds is 6. The van der Waals surface area contributed by atoms with Gasteiger partial charge < -0.3 is 10.1 Å². The van der Waals surface area contributed by atoms with E-state index in [9.17, 15) is 8.42 Å². The van der Waals surface area contributed by atoms with Gasteiger partial charge in [0.05, 0.1) is 11.0 Å². The number of sulfonamides is 1. The lowest BCUT2D eigenvalue weighted by atomic mass is 10.2. The largest absolute Gasteiger partial charge is 0.376 e. The van der Waals surface area contributed by atoms with Crippen molar-refractivity contribution in [2.45, 2.75) is 37.7 Å². The van der Waals surface area contributed by atoms with Crippen molar-refractivity contribution in [1.29, 1.82) is 0 Å². The summed E-state index contributed by atoms with van der Waals surface area (Å²) in [5.41, 5.74) is 1.56. The molecule has 1 aliphatic heterocycles. The molecule has 0 spiro atoms. The number of hydrogen-bond acceptors (Lipinski definition) is 6. The standard InChI is InChI=1S/C17H22N4O3S/c1-12-5-6-13(2)15(10-12)25(22,23)21-17-8-7-16(19-20-17)18-11-14-4-3-9-24-14/h5-8,10,14H,3-4,9,11H2,1-2H3,(H,18,19)(H,20,21). The molecule has 134 valence electrons. The monoisotopic (exact) mass is 362 g/mol. The third-order valence-corrected chi connectivity index (χ3v) is 5.57. The highest BCUT2D eigenvalue weighted by Crippen LogP contribution is 2.20. The van der Waals surface area contributed by atoms with E-state index in [4.69, 9.17) is 4.74 Å². The predicted molar refractivity (Wildman–Crippen MR) is 96.2 cm³/mol. The van der Waals surface area contributed by atoms with Crippen LogP contribution >= 0.6 is 0 Å². The molecule has 1 aromatic heterocycles. The molecule has 0 aliphatic carbocycles. The highest BCUT2D eigenvalue weighted by molar-refractivity contribution is 7.92. The third kappa shape index (κ3) is 4.46. The Balaban J connectivity index is 1.66. The molecule has 1 atom stereocenters. The van der Waals surface area contributed by atoms with Crippen LogP contribution in [0, 0.1) is 13.8 Å². The van der Waals surface area contributed by atoms with Crippen molar-refractivity contribution in [3.63, 3.8) is 0 Å². The molecule has 25 heavy (non-hydrogen) atoms. The highest BCUT2D eigenvalue weighted by Gasteiger charge is 2.18. The fourth-order valence-electron chi connectivity index (χ4n) is 2.69. The summed E-state index contributed by atoms with van der Waals surface area (Å²) in [6, 6.07) is 8.59. The molecule has 2 aromatic rings. The number of aryl methyl sites for hydroxylation is 2. The van der Waals surface area contributed by atoms with Crippen molar-refractivity contribution >= 4 is 21.7 Å². The van der Waals surface area contributed by atoms with Gasteiger partial charge in [0.25, 0.3) is 10.0 Å². The minimum Gasteiger partial charge on any atom is -0.376 e. The van der Waals surface area contributed by atoms with Gasteiger partial charge in [0, 0.05) is 13.2 Å². The lowest BCUT2D eigenvalue weighted by Crippen LogP contribution is -2.19. The Morgan fingerprint density at radius 1 is 1.16 bits per heavy atom. The number of benzene rings is 1. The molecule has 1 aliphatic rings. The van der Waals surface area contributed by atoms with E-state index < -0.39 is 10.0 Å². The van der Waals surface area contributed by atoms with E-state index in [0.717, 1.165) is 25.0 Å². The molecule has 2 N–H and O–H groups in total. The van der Waals surface area contributed by atoms with Gasteiger partial charge in [-0.3, -0.25) is 4.72 Å². The fourth-order valence-corrected chi connectivity index (χ4v) is 4.02. The number of aromatic nitrogens is 2. The molecule has 2 heterocycles. The van der Waals surface area contributed by atoms with Crippen molar-refractivity contribution in [1.82, 2.24) is 10.2 Å². The first kappa shape index (κ1) is 17.6. The molecule has 0 amide bonds. The molecule has 0 bridgehead atoms. The van der Waals surface area contributed by atoms with E-state index >= 15 is 0 Å². The molecular formula is C17H22N4O3S. The summed E-state index contributed by atoms with van der Waals surface area (Å²) in [7, 11) is -3.70. The number of nitrogens with one attached hydrogen (secondary N) is 2. The van der Waals surface area contributed by atoms with Crippen molar-refractivity contribution in [2.24, 2.45) is 0 Å². The lowest BCUT2D eigenvalue weighted by Gasteiger charge is -2.12. The molecule has 0 saturated carbocycles. The van der Waals surface area contributed by atoms with Crippen LogP contribution in [0.1, 0.15) is 24.0 Å². The molecule has 1 aromatic carbocycles. The Morgan fingerprint density at radius 2 is 1.92 bits per heavy atom. The maximum Gasteiger partial charge on any atom is 0.263 e. The van der Waals surface area contributed by atoms with Gasteiger partial charge in [-0.2, -0.15) is 0 Å². The molecule has 1 unspecified atom stereocenters. The third-order valence-electron chi connectivity index (χ3n) is 4.07. The Bertz CT molecular complexity index is 831. The zero-order valence-electron chi connectivity index (χ0n) is 14.3. The number of hydrogen-bond donors (Lipinski definition) is 2. The Labute approximate surface area is 147 Å². The molecule has 0 radical (unpaired) electrons. The maximum atomic E-state index is 12.5. The van der Waals surface area contributed by atoms with Crippen molar-refractivity contribution in [2.75, 3.05) is 23.2 Å². The number of ether oxygens (including phenoxy) is 1. The Morgan fingerprint density at radius 3 is 2.60 bits per heavy atom. The van der Waals surface area contributed by atoms with Gasteiger partial charge in [0.2, 0.25) is 0 Å². The summed E-state index contributed by atoms with van der Waals surface area (Å²) in [6.07, 6.45) is 2.31. The van der Waals surface area contributed by atoms with Gasteiger partial charge in [-0.1, -0.05) is 12.1 Å². The van der Waals surface area contributed by atoms with E-state index in [1.54, 1.807) is 31.2 Å². The van der Waals surface area contributed by atoms with Gasteiger partial charge in [-0.05, 0) is 56.0 Å². The lowest BCUT2D eigenvalue weighted by molar-refractivity contribution is 0.120. The van der Waals surface area contributed by atoms with Crippen LogP contribution in [-0.2, 0) is 14.8 Å². The second kappa shape index (κ2) is 7.37. The fraction of sp³-hybridized carbons (Fsp3) is 0.412. The summed E-state index contributed by atoms with van der Waals surface area (Å²) in [5.74, 6) is 0.772. The second-order valence-electron chi connectivity index (χ2n) is 6.19. The normalized spacial score (nSPS) is 17.4. The molecular weight excluding hydrogens is 340 g/mol. The SMILES string of the molecule is Cc1ccc(C)c(S(=O)(=O)Nc2ccc(NCC3CCCO3)nn2)c1. The summed E-state index contributed by atoms with van der Waals surface area (Å²) in [4.78, 5) is 0.245. The average Bonchev–Trinajstić information content (AvgIpc) is 3.09. The topological polar surface area (TPSA) is 93.2 Å². The van der Waals surface area contributed by atoms with Gasteiger partial charge >= 0.3 is 0 Å². The van der Waals surface area contributed by atoms with Crippen molar-refractivity contribution in [3.05, 3.63) is 41.5 Å². The Hall–Kier alpha value is -2.19. The molecule has 1 saturated heterocycles. The number of anilines is 2. The van der Waals surface area contributed by atoms with Gasteiger partial charge in [-0.25, -0.2) is 8.42 Å². The van der Waals surface area contributed by atoms with E-state index in [2.05, 4.69) is 20.2 Å². The van der Waals surface area contributed by atoms with E-state index in [1.807, 2.05) is 13.0 Å². The predicted octanol–water partition coefficient (Wildman–Crippen LogP) is 2.49. The van der Waals surface area contributed by atoms with Crippen LogP contribution in [0.4, 0.5) is 11.6 Å². The summed E-state index contributed by atoms with van der Waals surface area (Å²) >= 11 is 0. The second-order valence-corrected chi connectivity index (χ2v) is 7.85. The minimum atomic E-state index is -3.70. The van der Waals surface area contributed by atoms with Crippen LogP contribution in [0.3, 0.4) is 0 Å². The van der Waals surface area contributed by atoms with E-state index in [-0.39, 0.29) is 16.8 Å². The average molecular weight is 362 g/mol. The summed E-state index contributed by atoms with van der Waals surface area (Å²) in [5, 5.41) is 11.1. The highest BCUT2D eigenvalue weighted by atomic mass is 32.2. The quantitative estimate of drug-likeness (QED) is 0.820. The first-order chi connectivity index (χ1) is 11.9. The molecule has 8 heteroatoms. The van der Waals surface area contributed by atoms with Crippen molar-refractivity contribution < 1.29 is 13.2 Å². The van der Waals surface area contributed by atoms with Gasteiger partial charge in [0.15, 0.2) is 5.82 Å².